The van der Waals surface area contributed by atoms with Crippen LogP contribution in [-0.4, -0.2) is 15.0 Å². The molecule has 0 spiro atoms. The molecule has 1 atom stereocenters. The predicted molar refractivity (Wildman–Crippen MR) is 53.3 cm³/mol. The maximum absolute atomic E-state index is 5.74. The van der Waals surface area contributed by atoms with Crippen LogP contribution in [0.1, 0.15) is 17.5 Å². The second-order valence-corrected chi connectivity index (χ2v) is 3.41. The molecule has 0 fully saturated rings. The van der Waals surface area contributed by atoms with Crippen LogP contribution >= 0.6 is 0 Å². The Morgan fingerprint density at radius 1 is 1.13 bits per heavy atom. The highest BCUT2D eigenvalue weighted by Crippen LogP contribution is 2.34. The number of hydrogen-bond donors (Lipinski definition) is 0. The summed E-state index contributed by atoms with van der Waals surface area (Å²) in [5.41, 5.74) is 1.21. The standard InChI is InChI=1S/C11H9N3O/c1-2-4-9-8(3-1)5-10(15-9)11-13-6-12-7-14-11/h1-4,6-7,10H,5H2. The van der Waals surface area contributed by atoms with Crippen LogP contribution in [0, 0.1) is 0 Å². The van der Waals surface area contributed by atoms with E-state index in [9.17, 15) is 0 Å². The van der Waals surface area contributed by atoms with Gasteiger partial charge in [-0.3, -0.25) is 0 Å². The van der Waals surface area contributed by atoms with E-state index in [0.717, 1.165) is 12.2 Å². The number of benzene rings is 1. The van der Waals surface area contributed by atoms with Crippen LogP contribution < -0.4 is 4.74 Å². The fourth-order valence-corrected chi connectivity index (χ4v) is 1.74. The lowest BCUT2D eigenvalue weighted by atomic mass is 10.1. The summed E-state index contributed by atoms with van der Waals surface area (Å²) in [4.78, 5) is 12.0. The Hall–Kier alpha value is -1.97. The van der Waals surface area contributed by atoms with Gasteiger partial charge in [0.1, 0.15) is 18.4 Å². The molecule has 0 radical (unpaired) electrons. The molecule has 1 aromatic carbocycles. The maximum Gasteiger partial charge on any atom is 0.172 e. The third kappa shape index (κ3) is 1.44. The predicted octanol–water partition coefficient (Wildman–Crippen LogP) is 1.55. The molecular formula is C11H9N3O. The number of nitrogens with zero attached hydrogens (tertiary/aromatic N) is 3. The summed E-state index contributed by atoms with van der Waals surface area (Å²) in [6.07, 6.45) is 3.76. The van der Waals surface area contributed by atoms with Crippen molar-refractivity contribution in [1.29, 1.82) is 0 Å². The van der Waals surface area contributed by atoms with E-state index >= 15 is 0 Å². The Bertz CT molecular complexity index is 447. The van der Waals surface area contributed by atoms with Crippen molar-refractivity contribution in [2.75, 3.05) is 0 Å². The third-order valence-corrected chi connectivity index (χ3v) is 2.45. The van der Waals surface area contributed by atoms with Crippen molar-refractivity contribution in [3.63, 3.8) is 0 Å². The molecule has 1 aliphatic heterocycles. The van der Waals surface area contributed by atoms with Gasteiger partial charge in [0.25, 0.3) is 0 Å². The number of para-hydroxylation sites is 1. The summed E-state index contributed by atoms with van der Waals surface area (Å²) < 4.78 is 5.74. The Morgan fingerprint density at radius 3 is 2.73 bits per heavy atom. The third-order valence-electron chi connectivity index (χ3n) is 2.45. The van der Waals surface area contributed by atoms with Crippen molar-refractivity contribution >= 4 is 0 Å². The van der Waals surface area contributed by atoms with Gasteiger partial charge in [-0.2, -0.15) is 0 Å². The van der Waals surface area contributed by atoms with Crippen LogP contribution in [0.25, 0.3) is 0 Å². The molecule has 15 heavy (non-hydrogen) atoms. The van der Waals surface area contributed by atoms with Gasteiger partial charge >= 0.3 is 0 Å². The zero-order valence-corrected chi connectivity index (χ0v) is 8.00. The van der Waals surface area contributed by atoms with Crippen molar-refractivity contribution in [3.05, 3.63) is 48.3 Å². The number of ether oxygens (including phenoxy) is 1. The van der Waals surface area contributed by atoms with Crippen molar-refractivity contribution in [1.82, 2.24) is 15.0 Å². The van der Waals surface area contributed by atoms with Gasteiger partial charge < -0.3 is 4.74 Å². The smallest absolute Gasteiger partial charge is 0.172 e. The normalized spacial score (nSPS) is 18.3. The van der Waals surface area contributed by atoms with E-state index in [4.69, 9.17) is 4.74 Å². The molecule has 0 saturated heterocycles. The second-order valence-electron chi connectivity index (χ2n) is 3.41. The van der Waals surface area contributed by atoms with E-state index in [2.05, 4.69) is 21.0 Å². The molecule has 0 N–H and O–H groups in total. The Labute approximate surface area is 87.0 Å². The van der Waals surface area contributed by atoms with Crippen LogP contribution in [0.2, 0.25) is 0 Å². The summed E-state index contributed by atoms with van der Waals surface area (Å²) >= 11 is 0. The molecule has 1 unspecified atom stereocenters. The minimum atomic E-state index is -0.0644. The minimum absolute atomic E-state index is 0.0644. The van der Waals surface area contributed by atoms with E-state index in [-0.39, 0.29) is 6.10 Å². The fourth-order valence-electron chi connectivity index (χ4n) is 1.74. The summed E-state index contributed by atoms with van der Waals surface area (Å²) in [6.45, 7) is 0. The molecule has 0 aliphatic carbocycles. The highest BCUT2D eigenvalue weighted by Gasteiger charge is 2.25. The second kappa shape index (κ2) is 3.31. The van der Waals surface area contributed by atoms with Crippen LogP contribution in [0.15, 0.2) is 36.9 Å². The number of rotatable bonds is 1. The van der Waals surface area contributed by atoms with Crippen LogP contribution in [0.4, 0.5) is 0 Å². The van der Waals surface area contributed by atoms with Gasteiger partial charge in [-0.25, -0.2) is 15.0 Å². The maximum atomic E-state index is 5.74. The van der Waals surface area contributed by atoms with Gasteiger partial charge in [0.05, 0.1) is 0 Å². The highest BCUT2D eigenvalue weighted by molar-refractivity contribution is 5.37. The molecule has 1 aliphatic rings. The molecule has 74 valence electrons. The lowest BCUT2D eigenvalue weighted by Crippen LogP contribution is -2.08. The molecule has 3 rings (SSSR count). The van der Waals surface area contributed by atoms with E-state index in [1.54, 1.807) is 0 Å². The van der Waals surface area contributed by atoms with Crippen molar-refractivity contribution in [2.24, 2.45) is 0 Å². The summed E-state index contributed by atoms with van der Waals surface area (Å²) in [5, 5.41) is 0. The zero-order chi connectivity index (χ0) is 10.1. The summed E-state index contributed by atoms with van der Waals surface area (Å²) in [7, 11) is 0. The SMILES string of the molecule is c1ccc2c(c1)CC(c1ncncn1)O2. The van der Waals surface area contributed by atoms with Gasteiger partial charge in [0, 0.05) is 6.42 Å². The van der Waals surface area contributed by atoms with Crippen LogP contribution in [-0.2, 0) is 6.42 Å². The Balaban J connectivity index is 1.91. The van der Waals surface area contributed by atoms with Gasteiger partial charge in [0.2, 0.25) is 0 Å². The Kier molecular flexibility index (Phi) is 1.84. The van der Waals surface area contributed by atoms with Crippen LogP contribution in [0.5, 0.6) is 5.75 Å². The first-order valence-corrected chi connectivity index (χ1v) is 4.80. The molecule has 1 aromatic heterocycles. The lowest BCUT2D eigenvalue weighted by molar-refractivity contribution is 0.227. The molecule has 0 saturated carbocycles. The monoisotopic (exact) mass is 199 g/mol. The molecular weight excluding hydrogens is 190 g/mol. The number of hydrogen-bond acceptors (Lipinski definition) is 4. The topological polar surface area (TPSA) is 47.9 Å². The van der Waals surface area contributed by atoms with Crippen molar-refractivity contribution in [3.8, 4) is 5.75 Å². The molecule has 0 bridgehead atoms. The molecule has 2 aromatic rings. The van der Waals surface area contributed by atoms with Crippen molar-refractivity contribution in [2.45, 2.75) is 12.5 Å². The molecule has 0 amide bonds. The largest absolute Gasteiger partial charge is 0.482 e. The van der Waals surface area contributed by atoms with E-state index < -0.39 is 0 Å². The van der Waals surface area contributed by atoms with Gasteiger partial charge in [-0.1, -0.05) is 18.2 Å². The summed E-state index contributed by atoms with van der Waals surface area (Å²) in [5.74, 6) is 1.63. The van der Waals surface area contributed by atoms with E-state index in [1.807, 2.05) is 18.2 Å². The van der Waals surface area contributed by atoms with Crippen LogP contribution in [0.3, 0.4) is 0 Å². The quantitative estimate of drug-likeness (QED) is 0.699. The molecule has 4 heteroatoms. The van der Waals surface area contributed by atoms with E-state index in [0.29, 0.717) is 5.82 Å². The summed E-state index contributed by atoms with van der Waals surface area (Å²) in [6, 6.07) is 8.01. The number of aromatic nitrogens is 3. The lowest BCUT2D eigenvalue weighted by Gasteiger charge is -2.07. The van der Waals surface area contributed by atoms with Gasteiger partial charge in [0.15, 0.2) is 11.9 Å². The minimum Gasteiger partial charge on any atom is -0.482 e. The zero-order valence-electron chi connectivity index (χ0n) is 8.00. The van der Waals surface area contributed by atoms with Gasteiger partial charge in [-0.15, -0.1) is 0 Å². The number of fused-ring (bicyclic) bond motifs is 1. The van der Waals surface area contributed by atoms with Crippen molar-refractivity contribution < 1.29 is 4.74 Å². The average Bonchev–Trinajstić information content (AvgIpc) is 2.74. The highest BCUT2D eigenvalue weighted by atomic mass is 16.5. The molecule has 4 nitrogen and oxygen atoms in total. The first kappa shape index (κ1) is 8.35. The van der Waals surface area contributed by atoms with E-state index in [1.165, 1.54) is 18.2 Å². The average molecular weight is 199 g/mol. The first-order valence-electron chi connectivity index (χ1n) is 4.80. The van der Waals surface area contributed by atoms with Gasteiger partial charge in [-0.05, 0) is 11.6 Å². The fraction of sp³-hybridized carbons (Fsp3) is 0.182. The Morgan fingerprint density at radius 2 is 1.93 bits per heavy atom. The first-order chi connectivity index (χ1) is 7.43. The molecule has 2 heterocycles.